The predicted octanol–water partition coefficient (Wildman–Crippen LogP) is 3.72. The summed E-state index contributed by atoms with van der Waals surface area (Å²) in [6.07, 6.45) is 10.3. The van der Waals surface area contributed by atoms with Gasteiger partial charge in [-0.05, 0) is 63.6 Å². The third-order valence-electron chi connectivity index (χ3n) is 5.93. The lowest BCUT2D eigenvalue weighted by molar-refractivity contribution is -0.121. The van der Waals surface area contributed by atoms with Crippen LogP contribution in [0.25, 0.3) is 11.4 Å². The molecule has 1 N–H and O–H groups in total. The molecular formula is C23H30N4O. The van der Waals surface area contributed by atoms with Crippen LogP contribution in [0.3, 0.4) is 0 Å². The Balaban J connectivity index is 1.22. The number of amides is 1. The van der Waals surface area contributed by atoms with E-state index < -0.39 is 0 Å². The van der Waals surface area contributed by atoms with Gasteiger partial charge in [0.25, 0.3) is 0 Å². The van der Waals surface area contributed by atoms with Gasteiger partial charge in [-0.2, -0.15) is 0 Å². The second kappa shape index (κ2) is 8.82. The topological polar surface area (TPSA) is 58.1 Å². The summed E-state index contributed by atoms with van der Waals surface area (Å²) < 4.78 is 0. The van der Waals surface area contributed by atoms with Gasteiger partial charge in [-0.1, -0.05) is 24.3 Å². The van der Waals surface area contributed by atoms with Crippen molar-refractivity contribution < 1.29 is 4.79 Å². The van der Waals surface area contributed by atoms with Crippen molar-refractivity contribution in [1.82, 2.24) is 20.2 Å². The van der Waals surface area contributed by atoms with Gasteiger partial charge < -0.3 is 5.32 Å². The number of likely N-dealkylation sites (tertiary alicyclic amines) is 1. The van der Waals surface area contributed by atoms with Crippen molar-refractivity contribution >= 4 is 5.91 Å². The third-order valence-corrected chi connectivity index (χ3v) is 5.93. The highest BCUT2D eigenvalue weighted by Gasteiger charge is 2.24. The standard InChI is InChI=1S/C23H30N4O/c1-17-4-2-3-5-21(17)23-24-14-19(15-25-23)16-27-12-10-18(11-13-27)6-9-22(28)26-20-7-8-20/h2-5,14-15,18,20H,6-13,16H2,1H3,(H,26,28). The molecule has 2 aromatic rings. The molecule has 2 heterocycles. The van der Waals surface area contributed by atoms with Crippen LogP contribution in [0.1, 0.15) is 49.7 Å². The summed E-state index contributed by atoms with van der Waals surface area (Å²) in [6.45, 7) is 5.18. The molecule has 1 aromatic heterocycles. The number of aromatic nitrogens is 2. The molecule has 0 radical (unpaired) electrons. The van der Waals surface area contributed by atoms with Crippen LogP contribution in [-0.4, -0.2) is 39.9 Å². The lowest BCUT2D eigenvalue weighted by Crippen LogP contribution is -2.34. The van der Waals surface area contributed by atoms with Gasteiger partial charge in [0.2, 0.25) is 5.91 Å². The summed E-state index contributed by atoms with van der Waals surface area (Å²) >= 11 is 0. The molecule has 28 heavy (non-hydrogen) atoms. The zero-order valence-electron chi connectivity index (χ0n) is 16.7. The van der Waals surface area contributed by atoms with Crippen LogP contribution in [0, 0.1) is 12.8 Å². The van der Waals surface area contributed by atoms with E-state index in [1.165, 1.54) is 36.8 Å². The fraction of sp³-hybridized carbons (Fsp3) is 0.522. The van der Waals surface area contributed by atoms with Crippen molar-refractivity contribution in [2.24, 2.45) is 5.92 Å². The van der Waals surface area contributed by atoms with E-state index in [-0.39, 0.29) is 5.91 Å². The Bertz CT molecular complexity index is 793. The van der Waals surface area contributed by atoms with E-state index in [0.29, 0.717) is 18.4 Å². The summed E-state index contributed by atoms with van der Waals surface area (Å²) in [4.78, 5) is 23.5. The molecule has 1 saturated heterocycles. The maximum absolute atomic E-state index is 11.9. The van der Waals surface area contributed by atoms with Crippen molar-refractivity contribution in [3.63, 3.8) is 0 Å². The lowest BCUT2D eigenvalue weighted by atomic mass is 9.92. The molecule has 0 atom stereocenters. The van der Waals surface area contributed by atoms with Crippen LogP contribution >= 0.6 is 0 Å². The Morgan fingerprint density at radius 2 is 1.82 bits per heavy atom. The first kappa shape index (κ1) is 19.1. The molecule has 0 bridgehead atoms. The maximum Gasteiger partial charge on any atom is 0.220 e. The van der Waals surface area contributed by atoms with E-state index in [9.17, 15) is 4.79 Å². The van der Waals surface area contributed by atoms with Crippen LogP contribution in [-0.2, 0) is 11.3 Å². The number of benzene rings is 1. The molecule has 5 nitrogen and oxygen atoms in total. The normalized spacial score (nSPS) is 18.2. The average Bonchev–Trinajstić information content (AvgIpc) is 3.53. The number of carbonyl (C=O) groups is 1. The first-order valence-electron chi connectivity index (χ1n) is 10.6. The van der Waals surface area contributed by atoms with Crippen LogP contribution in [0.15, 0.2) is 36.7 Å². The molecule has 4 rings (SSSR count). The molecule has 148 valence electrons. The summed E-state index contributed by atoms with van der Waals surface area (Å²) in [6, 6.07) is 8.70. The Morgan fingerprint density at radius 1 is 1.11 bits per heavy atom. The van der Waals surface area contributed by atoms with Gasteiger partial charge in [0.05, 0.1) is 0 Å². The number of hydrogen-bond acceptors (Lipinski definition) is 4. The Hall–Kier alpha value is -2.27. The second-order valence-corrected chi connectivity index (χ2v) is 8.33. The highest BCUT2D eigenvalue weighted by atomic mass is 16.1. The maximum atomic E-state index is 11.9. The molecular weight excluding hydrogens is 348 g/mol. The number of hydrogen-bond donors (Lipinski definition) is 1. The minimum absolute atomic E-state index is 0.246. The van der Waals surface area contributed by atoms with E-state index in [1.807, 2.05) is 24.5 Å². The Labute approximate surface area is 167 Å². The molecule has 1 amide bonds. The molecule has 1 aliphatic heterocycles. The van der Waals surface area contributed by atoms with Gasteiger partial charge >= 0.3 is 0 Å². The smallest absolute Gasteiger partial charge is 0.220 e. The molecule has 0 unspecified atom stereocenters. The number of nitrogens with zero attached hydrogens (tertiary/aromatic N) is 3. The summed E-state index contributed by atoms with van der Waals surface area (Å²) in [5.74, 6) is 1.72. The van der Waals surface area contributed by atoms with Crippen molar-refractivity contribution in [2.75, 3.05) is 13.1 Å². The van der Waals surface area contributed by atoms with Crippen LogP contribution in [0.5, 0.6) is 0 Å². The Kier molecular flexibility index (Phi) is 6.01. The quantitative estimate of drug-likeness (QED) is 0.798. The predicted molar refractivity (Wildman–Crippen MR) is 111 cm³/mol. The fourth-order valence-electron chi connectivity index (χ4n) is 3.95. The highest BCUT2D eigenvalue weighted by Crippen LogP contribution is 2.24. The number of rotatable bonds is 7. The second-order valence-electron chi connectivity index (χ2n) is 8.33. The van der Waals surface area contributed by atoms with E-state index in [1.54, 1.807) is 0 Å². The van der Waals surface area contributed by atoms with Gasteiger partial charge in [0.1, 0.15) is 0 Å². The third kappa shape index (κ3) is 5.16. The average molecular weight is 379 g/mol. The first-order valence-corrected chi connectivity index (χ1v) is 10.6. The van der Waals surface area contributed by atoms with Crippen molar-refractivity contribution in [3.05, 3.63) is 47.8 Å². The van der Waals surface area contributed by atoms with Crippen LogP contribution in [0.4, 0.5) is 0 Å². The van der Waals surface area contributed by atoms with E-state index in [2.05, 4.69) is 39.2 Å². The van der Waals surface area contributed by atoms with Crippen LogP contribution in [0.2, 0.25) is 0 Å². The first-order chi connectivity index (χ1) is 13.7. The van der Waals surface area contributed by atoms with E-state index in [0.717, 1.165) is 37.4 Å². The summed E-state index contributed by atoms with van der Waals surface area (Å²) in [5, 5.41) is 3.09. The van der Waals surface area contributed by atoms with Crippen molar-refractivity contribution in [1.29, 1.82) is 0 Å². The minimum atomic E-state index is 0.246. The number of carbonyl (C=O) groups excluding carboxylic acids is 1. The highest BCUT2D eigenvalue weighted by molar-refractivity contribution is 5.76. The van der Waals surface area contributed by atoms with E-state index >= 15 is 0 Å². The molecule has 0 spiro atoms. The molecule has 1 saturated carbocycles. The monoisotopic (exact) mass is 378 g/mol. The molecule has 1 aromatic carbocycles. The summed E-state index contributed by atoms with van der Waals surface area (Å²) in [7, 11) is 0. The molecule has 1 aliphatic carbocycles. The Morgan fingerprint density at radius 3 is 2.50 bits per heavy atom. The molecule has 5 heteroatoms. The summed E-state index contributed by atoms with van der Waals surface area (Å²) in [5.41, 5.74) is 3.46. The molecule has 2 aliphatic rings. The van der Waals surface area contributed by atoms with Crippen molar-refractivity contribution in [2.45, 2.75) is 58.0 Å². The lowest BCUT2D eigenvalue weighted by Gasteiger charge is -2.31. The van der Waals surface area contributed by atoms with E-state index in [4.69, 9.17) is 0 Å². The zero-order valence-corrected chi connectivity index (χ0v) is 16.7. The number of piperidine rings is 1. The van der Waals surface area contributed by atoms with Gasteiger partial charge in [-0.25, -0.2) is 9.97 Å². The molecule has 2 fully saturated rings. The van der Waals surface area contributed by atoms with Gasteiger partial charge in [-0.15, -0.1) is 0 Å². The van der Waals surface area contributed by atoms with Crippen molar-refractivity contribution in [3.8, 4) is 11.4 Å². The fourth-order valence-corrected chi connectivity index (χ4v) is 3.95. The SMILES string of the molecule is Cc1ccccc1-c1ncc(CN2CCC(CCC(=O)NC3CC3)CC2)cn1. The zero-order chi connectivity index (χ0) is 19.3. The van der Waals surface area contributed by atoms with Gasteiger partial charge in [0.15, 0.2) is 5.82 Å². The van der Waals surface area contributed by atoms with Gasteiger partial charge in [-0.3, -0.25) is 9.69 Å². The largest absolute Gasteiger partial charge is 0.353 e. The number of nitrogens with one attached hydrogen (secondary N) is 1. The number of aryl methyl sites for hydroxylation is 1. The minimum Gasteiger partial charge on any atom is -0.353 e. The van der Waals surface area contributed by atoms with Crippen LogP contribution < -0.4 is 5.32 Å². The van der Waals surface area contributed by atoms with Gasteiger partial charge in [0, 0.05) is 42.5 Å².